The van der Waals surface area contributed by atoms with E-state index in [4.69, 9.17) is 5.73 Å². The van der Waals surface area contributed by atoms with Crippen molar-refractivity contribution < 1.29 is 4.79 Å². The Morgan fingerprint density at radius 2 is 2.21 bits per heavy atom. The SMILES string of the molecule is CCc1cc2c(NCC(C)(C)C(N)=O)ncnc2s1. The molecule has 0 aliphatic carbocycles. The van der Waals surface area contributed by atoms with Gasteiger partial charge in [0, 0.05) is 11.4 Å². The molecule has 19 heavy (non-hydrogen) atoms. The molecule has 0 aliphatic rings. The molecule has 0 unspecified atom stereocenters. The fraction of sp³-hybridized carbons (Fsp3) is 0.462. The van der Waals surface area contributed by atoms with E-state index in [1.54, 1.807) is 11.3 Å². The second kappa shape index (κ2) is 5.13. The van der Waals surface area contributed by atoms with Gasteiger partial charge in [0.05, 0.1) is 10.8 Å². The second-order valence-corrected chi connectivity index (χ2v) is 6.22. The Labute approximate surface area is 116 Å². The number of nitrogens with one attached hydrogen (secondary N) is 1. The van der Waals surface area contributed by atoms with Gasteiger partial charge in [-0.25, -0.2) is 9.97 Å². The summed E-state index contributed by atoms with van der Waals surface area (Å²) in [6.07, 6.45) is 2.52. The van der Waals surface area contributed by atoms with Crippen LogP contribution in [-0.4, -0.2) is 22.4 Å². The molecule has 2 heterocycles. The summed E-state index contributed by atoms with van der Waals surface area (Å²) < 4.78 is 0. The van der Waals surface area contributed by atoms with Gasteiger partial charge in [-0.2, -0.15) is 0 Å². The smallest absolute Gasteiger partial charge is 0.224 e. The lowest BCUT2D eigenvalue weighted by molar-refractivity contribution is -0.125. The van der Waals surface area contributed by atoms with Gasteiger partial charge >= 0.3 is 0 Å². The molecule has 0 spiro atoms. The van der Waals surface area contributed by atoms with Gasteiger partial charge in [0.25, 0.3) is 0 Å². The lowest BCUT2D eigenvalue weighted by Gasteiger charge is -2.21. The maximum atomic E-state index is 11.3. The summed E-state index contributed by atoms with van der Waals surface area (Å²) in [6.45, 7) is 6.19. The summed E-state index contributed by atoms with van der Waals surface area (Å²) in [5, 5.41) is 4.21. The number of primary amides is 1. The molecular weight excluding hydrogens is 260 g/mol. The van der Waals surface area contributed by atoms with Crippen molar-refractivity contribution in [3.8, 4) is 0 Å². The Morgan fingerprint density at radius 1 is 1.47 bits per heavy atom. The first-order valence-corrected chi connectivity index (χ1v) is 7.03. The molecule has 0 fully saturated rings. The molecule has 1 amide bonds. The normalized spacial score (nSPS) is 11.7. The molecule has 2 rings (SSSR count). The first-order chi connectivity index (χ1) is 8.94. The van der Waals surface area contributed by atoms with Crippen molar-refractivity contribution in [2.24, 2.45) is 11.1 Å². The highest BCUT2D eigenvalue weighted by Gasteiger charge is 2.25. The molecule has 5 nitrogen and oxygen atoms in total. The molecule has 2 aromatic rings. The summed E-state index contributed by atoms with van der Waals surface area (Å²) >= 11 is 1.67. The van der Waals surface area contributed by atoms with Crippen LogP contribution >= 0.6 is 11.3 Å². The third-order valence-corrected chi connectivity index (χ3v) is 4.28. The van der Waals surface area contributed by atoms with E-state index in [2.05, 4.69) is 28.3 Å². The lowest BCUT2D eigenvalue weighted by Crippen LogP contribution is -2.37. The van der Waals surface area contributed by atoms with Crippen molar-refractivity contribution in [2.75, 3.05) is 11.9 Å². The van der Waals surface area contributed by atoms with Gasteiger partial charge in [-0.15, -0.1) is 11.3 Å². The number of hydrogen-bond donors (Lipinski definition) is 2. The summed E-state index contributed by atoms with van der Waals surface area (Å²) in [5.41, 5.74) is 4.75. The standard InChI is InChI=1S/C13H18N4OS/c1-4-8-5-9-10(16-7-17-11(9)19-8)15-6-13(2,3)12(14)18/h5,7H,4,6H2,1-3H3,(H2,14,18)(H,15,16,17). The molecule has 0 radical (unpaired) electrons. The number of nitrogens with zero attached hydrogens (tertiary/aromatic N) is 2. The van der Waals surface area contributed by atoms with Crippen LogP contribution < -0.4 is 11.1 Å². The highest BCUT2D eigenvalue weighted by molar-refractivity contribution is 7.18. The second-order valence-electron chi connectivity index (χ2n) is 5.11. The highest BCUT2D eigenvalue weighted by Crippen LogP contribution is 2.29. The van der Waals surface area contributed by atoms with Gasteiger partial charge < -0.3 is 11.1 Å². The maximum Gasteiger partial charge on any atom is 0.224 e. The number of aromatic nitrogens is 2. The predicted molar refractivity (Wildman–Crippen MR) is 78.3 cm³/mol. The monoisotopic (exact) mass is 278 g/mol. The van der Waals surface area contributed by atoms with Crippen LogP contribution in [0.2, 0.25) is 0 Å². The Kier molecular flexibility index (Phi) is 3.71. The lowest BCUT2D eigenvalue weighted by atomic mass is 9.93. The molecule has 6 heteroatoms. The van der Waals surface area contributed by atoms with E-state index < -0.39 is 5.41 Å². The van der Waals surface area contributed by atoms with Gasteiger partial charge in [-0.3, -0.25) is 4.79 Å². The Morgan fingerprint density at radius 3 is 2.84 bits per heavy atom. The van der Waals surface area contributed by atoms with E-state index in [-0.39, 0.29) is 5.91 Å². The molecule has 102 valence electrons. The van der Waals surface area contributed by atoms with E-state index in [1.807, 2.05) is 13.8 Å². The third-order valence-electron chi connectivity index (χ3n) is 3.09. The Hall–Kier alpha value is -1.69. The maximum absolute atomic E-state index is 11.3. The largest absolute Gasteiger partial charge is 0.369 e. The minimum Gasteiger partial charge on any atom is -0.369 e. The van der Waals surface area contributed by atoms with Crippen molar-refractivity contribution in [1.29, 1.82) is 0 Å². The van der Waals surface area contributed by atoms with E-state index >= 15 is 0 Å². The van der Waals surface area contributed by atoms with Gasteiger partial charge in [0.1, 0.15) is 17.0 Å². The number of hydrogen-bond acceptors (Lipinski definition) is 5. The highest BCUT2D eigenvalue weighted by atomic mass is 32.1. The van der Waals surface area contributed by atoms with Crippen molar-refractivity contribution in [1.82, 2.24) is 9.97 Å². The summed E-state index contributed by atoms with van der Waals surface area (Å²) in [6, 6.07) is 2.10. The van der Waals surface area contributed by atoms with Crippen LogP contribution in [0, 0.1) is 5.41 Å². The van der Waals surface area contributed by atoms with Crippen molar-refractivity contribution in [3.63, 3.8) is 0 Å². The van der Waals surface area contributed by atoms with Crippen LogP contribution in [0.25, 0.3) is 10.2 Å². The zero-order valence-corrected chi connectivity index (χ0v) is 12.2. The van der Waals surface area contributed by atoms with E-state index in [9.17, 15) is 4.79 Å². The molecular formula is C13H18N4OS. The predicted octanol–water partition coefficient (Wildman–Crippen LogP) is 2.18. The molecule has 0 saturated heterocycles. The minimum absolute atomic E-state index is 0.329. The first-order valence-electron chi connectivity index (χ1n) is 6.21. The molecule has 2 aromatic heterocycles. The van der Waals surface area contributed by atoms with E-state index in [1.165, 1.54) is 11.2 Å². The van der Waals surface area contributed by atoms with Crippen LogP contribution in [-0.2, 0) is 11.2 Å². The quantitative estimate of drug-likeness (QED) is 0.878. The number of carbonyl (C=O) groups is 1. The van der Waals surface area contributed by atoms with E-state index in [0.29, 0.717) is 6.54 Å². The van der Waals surface area contributed by atoms with Crippen molar-refractivity contribution in [2.45, 2.75) is 27.2 Å². The number of rotatable bonds is 5. The molecule has 0 bridgehead atoms. The molecule has 0 aromatic carbocycles. The fourth-order valence-electron chi connectivity index (χ4n) is 1.61. The average molecular weight is 278 g/mol. The van der Waals surface area contributed by atoms with Crippen molar-refractivity contribution in [3.05, 3.63) is 17.3 Å². The van der Waals surface area contributed by atoms with Gasteiger partial charge in [-0.05, 0) is 26.3 Å². The summed E-state index contributed by atoms with van der Waals surface area (Å²) in [5.74, 6) is 0.431. The van der Waals surface area contributed by atoms with Crippen LogP contribution in [0.1, 0.15) is 25.6 Å². The Balaban J connectivity index is 2.26. The topological polar surface area (TPSA) is 80.9 Å². The van der Waals surface area contributed by atoms with Gasteiger partial charge in [0.2, 0.25) is 5.91 Å². The summed E-state index contributed by atoms with van der Waals surface area (Å²) in [4.78, 5) is 22.1. The number of amides is 1. The number of fused-ring (bicyclic) bond motifs is 1. The van der Waals surface area contributed by atoms with Crippen LogP contribution in [0.15, 0.2) is 12.4 Å². The third kappa shape index (κ3) is 2.84. The number of anilines is 1. The zero-order valence-electron chi connectivity index (χ0n) is 11.4. The number of carbonyl (C=O) groups excluding carboxylic acids is 1. The van der Waals surface area contributed by atoms with E-state index in [0.717, 1.165) is 22.5 Å². The minimum atomic E-state index is -0.610. The molecule has 0 saturated carbocycles. The summed E-state index contributed by atoms with van der Waals surface area (Å²) in [7, 11) is 0. The van der Waals surface area contributed by atoms with Crippen LogP contribution in [0.3, 0.4) is 0 Å². The van der Waals surface area contributed by atoms with Gasteiger partial charge in [0.15, 0.2) is 0 Å². The molecule has 0 aliphatic heterocycles. The molecule has 3 N–H and O–H groups in total. The first kappa shape index (κ1) is 13.7. The van der Waals surface area contributed by atoms with Gasteiger partial charge in [-0.1, -0.05) is 6.92 Å². The molecule has 0 atom stereocenters. The Bertz CT molecular complexity index is 606. The zero-order chi connectivity index (χ0) is 14.0. The van der Waals surface area contributed by atoms with Crippen LogP contribution in [0.4, 0.5) is 5.82 Å². The number of thiophene rings is 1. The van der Waals surface area contributed by atoms with Crippen LogP contribution in [0.5, 0.6) is 0 Å². The fourth-order valence-corrected chi connectivity index (χ4v) is 2.55. The average Bonchev–Trinajstić information content (AvgIpc) is 2.79. The number of aryl methyl sites for hydroxylation is 1. The number of nitrogens with two attached hydrogens (primary N) is 1. The van der Waals surface area contributed by atoms with Crippen molar-refractivity contribution >= 4 is 33.3 Å².